The highest BCUT2D eigenvalue weighted by Crippen LogP contribution is 2.15. The Morgan fingerprint density at radius 3 is 2.75 bits per heavy atom. The maximum atomic E-state index is 13.5. The maximum Gasteiger partial charge on any atom is 0.254 e. The molecule has 1 amide bonds. The molecule has 0 aliphatic heterocycles. The van der Waals surface area contributed by atoms with Crippen LogP contribution in [-0.4, -0.2) is 36.9 Å². The summed E-state index contributed by atoms with van der Waals surface area (Å²) in [6.45, 7) is 4.72. The standard InChI is InChI=1S/C14H19BrFNO3/c1-9(2)7-20-8-11(18)6-17-14(19)12-4-3-10(15)5-13(12)16/h3-5,9,11,18H,6-8H2,1-2H3,(H,17,19). The molecule has 20 heavy (non-hydrogen) atoms. The van der Waals surface area contributed by atoms with Crippen LogP contribution in [0.3, 0.4) is 0 Å². The molecule has 0 spiro atoms. The zero-order chi connectivity index (χ0) is 15.1. The summed E-state index contributed by atoms with van der Waals surface area (Å²) >= 11 is 3.12. The Morgan fingerprint density at radius 2 is 2.15 bits per heavy atom. The second-order valence-electron chi connectivity index (χ2n) is 4.92. The molecule has 0 heterocycles. The van der Waals surface area contributed by atoms with E-state index in [-0.39, 0.29) is 18.7 Å². The second-order valence-corrected chi connectivity index (χ2v) is 5.83. The van der Waals surface area contributed by atoms with Crippen LogP contribution in [0, 0.1) is 11.7 Å². The summed E-state index contributed by atoms with van der Waals surface area (Å²) in [5.74, 6) is -0.783. The van der Waals surface area contributed by atoms with Crippen LogP contribution < -0.4 is 5.32 Å². The molecule has 1 atom stereocenters. The van der Waals surface area contributed by atoms with Gasteiger partial charge in [0.2, 0.25) is 0 Å². The predicted molar refractivity (Wildman–Crippen MR) is 78.1 cm³/mol. The number of nitrogens with one attached hydrogen (secondary N) is 1. The largest absolute Gasteiger partial charge is 0.389 e. The number of carbonyl (C=O) groups excluding carboxylic acids is 1. The third-order valence-corrected chi connectivity index (χ3v) is 2.93. The van der Waals surface area contributed by atoms with Gasteiger partial charge in [0.1, 0.15) is 5.82 Å². The van der Waals surface area contributed by atoms with Gasteiger partial charge in [0.05, 0.1) is 18.3 Å². The fraction of sp³-hybridized carbons (Fsp3) is 0.500. The van der Waals surface area contributed by atoms with Crippen molar-refractivity contribution in [2.24, 2.45) is 5.92 Å². The minimum absolute atomic E-state index is 0.0203. The zero-order valence-corrected chi connectivity index (χ0v) is 13.1. The third-order valence-electron chi connectivity index (χ3n) is 2.44. The minimum Gasteiger partial charge on any atom is -0.389 e. The lowest BCUT2D eigenvalue weighted by molar-refractivity contribution is 0.0259. The molecule has 0 aliphatic carbocycles. The summed E-state index contributed by atoms with van der Waals surface area (Å²) in [6, 6.07) is 4.19. The number of aliphatic hydroxyl groups excluding tert-OH is 1. The minimum atomic E-state index is -0.809. The quantitative estimate of drug-likeness (QED) is 0.795. The molecule has 1 aromatic rings. The summed E-state index contributed by atoms with van der Waals surface area (Å²) in [5, 5.41) is 12.1. The molecule has 6 heteroatoms. The van der Waals surface area contributed by atoms with Gasteiger partial charge in [-0.2, -0.15) is 0 Å². The first-order valence-corrected chi connectivity index (χ1v) is 7.18. The molecule has 1 aromatic carbocycles. The molecular formula is C14H19BrFNO3. The predicted octanol–water partition coefficient (Wildman–Crippen LogP) is 2.35. The van der Waals surface area contributed by atoms with E-state index in [0.29, 0.717) is 17.0 Å². The summed E-state index contributed by atoms with van der Waals surface area (Å²) in [5.41, 5.74) is -0.0523. The van der Waals surface area contributed by atoms with Gasteiger partial charge in [-0.15, -0.1) is 0 Å². The topological polar surface area (TPSA) is 58.6 Å². The molecule has 0 radical (unpaired) electrons. The normalized spacial score (nSPS) is 12.5. The van der Waals surface area contributed by atoms with Crippen LogP contribution >= 0.6 is 15.9 Å². The van der Waals surface area contributed by atoms with E-state index in [4.69, 9.17) is 4.74 Å². The molecule has 1 unspecified atom stereocenters. The zero-order valence-electron chi connectivity index (χ0n) is 11.5. The molecular weight excluding hydrogens is 329 g/mol. The highest BCUT2D eigenvalue weighted by Gasteiger charge is 2.13. The van der Waals surface area contributed by atoms with E-state index in [0.717, 1.165) is 0 Å². The fourth-order valence-corrected chi connectivity index (χ4v) is 1.81. The number of aliphatic hydroxyl groups is 1. The third kappa shape index (κ3) is 5.98. The van der Waals surface area contributed by atoms with Crippen LogP contribution in [0.1, 0.15) is 24.2 Å². The highest BCUT2D eigenvalue weighted by molar-refractivity contribution is 9.10. The van der Waals surface area contributed by atoms with Crippen molar-refractivity contribution < 1.29 is 19.0 Å². The highest BCUT2D eigenvalue weighted by atomic mass is 79.9. The van der Waals surface area contributed by atoms with Crippen LogP contribution in [0.2, 0.25) is 0 Å². The Kier molecular flexibility index (Phi) is 7.12. The molecule has 4 nitrogen and oxygen atoms in total. The van der Waals surface area contributed by atoms with Gasteiger partial charge in [0.15, 0.2) is 0 Å². The molecule has 1 rings (SSSR count). The number of hydrogen-bond donors (Lipinski definition) is 2. The Morgan fingerprint density at radius 1 is 1.45 bits per heavy atom. The van der Waals surface area contributed by atoms with Gasteiger partial charge in [0.25, 0.3) is 5.91 Å². The van der Waals surface area contributed by atoms with E-state index in [2.05, 4.69) is 21.2 Å². The monoisotopic (exact) mass is 347 g/mol. The fourth-order valence-electron chi connectivity index (χ4n) is 1.48. The number of benzene rings is 1. The molecule has 0 fully saturated rings. The van der Waals surface area contributed by atoms with Crippen LogP contribution in [-0.2, 0) is 4.74 Å². The molecule has 112 valence electrons. The van der Waals surface area contributed by atoms with Gasteiger partial charge < -0.3 is 15.2 Å². The van der Waals surface area contributed by atoms with Crippen molar-refractivity contribution in [2.75, 3.05) is 19.8 Å². The first-order valence-electron chi connectivity index (χ1n) is 6.39. The average Bonchev–Trinajstić information content (AvgIpc) is 2.35. The van der Waals surface area contributed by atoms with Crippen molar-refractivity contribution >= 4 is 21.8 Å². The van der Waals surface area contributed by atoms with Gasteiger partial charge >= 0.3 is 0 Å². The summed E-state index contributed by atoms with van der Waals surface area (Å²) in [7, 11) is 0. The average molecular weight is 348 g/mol. The smallest absolute Gasteiger partial charge is 0.254 e. The summed E-state index contributed by atoms with van der Waals surface area (Å²) < 4.78 is 19.4. The van der Waals surface area contributed by atoms with E-state index < -0.39 is 17.8 Å². The van der Waals surface area contributed by atoms with E-state index in [1.807, 2.05) is 13.8 Å². The molecule has 0 saturated carbocycles. The summed E-state index contributed by atoms with van der Waals surface area (Å²) in [4.78, 5) is 11.7. The van der Waals surface area contributed by atoms with Crippen molar-refractivity contribution in [3.63, 3.8) is 0 Å². The molecule has 0 bridgehead atoms. The van der Waals surface area contributed by atoms with Gasteiger partial charge in [-0.1, -0.05) is 29.8 Å². The van der Waals surface area contributed by atoms with Crippen LogP contribution in [0.25, 0.3) is 0 Å². The van der Waals surface area contributed by atoms with Crippen LogP contribution in [0.5, 0.6) is 0 Å². The van der Waals surface area contributed by atoms with Crippen LogP contribution in [0.15, 0.2) is 22.7 Å². The first-order chi connectivity index (χ1) is 9.40. The number of amides is 1. The molecule has 2 N–H and O–H groups in total. The Balaban J connectivity index is 2.39. The van der Waals surface area contributed by atoms with Crippen molar-refractivity contribution in [1.29, 1.82) is 0 Å². The van der Waals surface area contributed by atoms with Crippen molar-refractivity contribution in [3.05, 3.63) is 34.1 Å². The van der Waals surface area contributed by atoms with Crippen molar-refractivity contribution in [3.8, 4) is 0 Å². The number of rotatable bonds is 7. The van der Waals surface area contributed by atoms with Gasteiger partial charge in [-0.05, 0) is 24.1 Å². The first kappa shape index (κ1) is 17.1. The van der Waals surface area contributed by atoms with Gasteiger partial charge in [-0.3, -0.25) is 4.79 Å². The Hall–Kier alpha value is -0.980. The van der Waals surface area contributed by atoms with E-state index >= 15 is 0 Å². The molecule has 0 aromatic heterocycles. The second kappa shape index (κ2) is 8.34. The molecule has 0 aliphatic rings. The SMILES string of the molecule is CC(C)COCC(O)CNC(=O)c1ccc(Br)cc1F. The van der Waals surface area contributed by atoms with E-state index in [1.54, 1.807) is 6.07 Å². The Labute approximate surface area is 126 Å². The maximum absolute atomic E-state index is 13.5. The van der Waals surface area contributed by atoms with Crippen molar-refractivity contribution in [1.82, 2.24) is 5.32 Å². The number of hydrogen-bond acceptors (Lipinski definition) is 3. The number of halogens is 2. The van der Waals surface area contributed by atoms with Crippen molar-refractivity contribution in [2.45, 2.75) is 20.0 Å². The lowest BCUT2D eigenvalue weighted by Crippen LogP contribution is -2.35. The van der Waals surface area contributed by atoms with Gasteiger partial charge in [0, 0.05) is 17.6 Å². The summed E-state index contributed by atoms with van der Waals surface area (Å²) in [6.07, 6.45) is -0.809. The van der Waals surface area contributed by atoms with Gasteiger partial charge in [-0.25, -0.2) is 4.39 Å². The van der Waals surface area contributed by atoms with Crippen LogP contribution in [0.4, 0.5) is 4.39 Å². The lowest BCUT2D eigenvalue weighted by Gasteiger charge is -2.13. The van der Waals surface area contributed by atoms with E-state index in [1.165, 1.54) is 12.1 Å². The number of carbonyl (C=O) groups is 1. The number of ether oxygens (including phenoxy) is 1. The molecule has 0 saturated heterocycles. The Bertz CT molecular complexity index is 454. The van der Waals surface area contributed by atoms with E-state index in [9.17, 15) is 14.3 Å². The lowest BCUT2D eigenvalue weighted by atomic mass is 10.2.